The van der Waals surface area contributed by atoms with Gasteiger partial charge in [0.2, 0.25) is 5.91 Å². The van der Waals surface area contributed by atoms with E-state index in [1.165, 1.54) is 0 Å². The molecule has 0 radical (unpaired) electrons. The number of carboxylic acids is 1. The SMILES string of the molecule is CNC(C)(CC(C)(C)C)C(=O)NCCCC(=O)C1CCCCC1C(=O)O. The van der Waals surface area contributed by atoms with Gasteiger partial charge in [-0.3, -0.25) is 14.4 Å². The number of carbonyl (C=O) groups excluding carboxylic acids is 2. The number of amides is 1. The number of Topliss-reactive ketones (excluding diaryl/α,β-unsaturated/α-hetero) is 1. The van der Waals surface area contributed by atoms with Crippen molar-refractivity contribution in [2.75, 3.05) is 13.6 Å². The molecule has 0 bridgehead atoms. The standard InChI is InChI=1S/C20H36N2O4/c1-19(2,3)13-20(4,21-5)18(26)22-12-8-11-16(23)14-9-6-7-10-15(14)17(24)25/h14-15,21H,6-13H2,1-5H3,(H,22,26)(H,24,25). The highest BCUT2D eigenvalue weighted by molar-refractivity contribution is 5.87. The highest BCUT2D eigenvalue weighted by Gasteiger charge is 2.36. The number of ketones is 1. The second-order valence-electron chi connectivity index (χ2n) is 8.98. The van der Waals surface area contributed by atoms with E-state index in [-0.39, 0.29) is 23.0 Å². The first kappa shape index (κ1) is 22.6. The molecule has 1 aliphatic carbocycles. The van der Waals surface area contributed by atoms with Crippen LogP contribution in [0.5, 0.6) is 0 Å². The average Bonchev–Trinajstić information content (AvgIpc) is 2.56. The zero-order valence-corrected chi connectivity index (χ0v) is 17.0. The van der Waals surface area contributed by atoms with Crippen molar-refractivity contribution >= 4 is 17.7 Å². The third-order valence-corrected chi connectivity index (χ3v) is 5.32. The zero-order chi connectivity index (χ0) is 20.0. The maximum Gasteiger partial charge on any atom is 0.307 e. The van der Waals surface area contributed by atoms with E-state index in [4.69, 9.17) is 0 Å². The highest BCUT2D eigenvalue weighted by atomic mass is 16.4. The largest absolute Gasteiger partial charge is 0.481 e. The Morgan fingerprint density at radius 2 is 1.62 bits per heavy atom. The van der Waals surface area contributed by atoms with Crippen molar-refractivity contribution in [3.63, 3.8) is 0 Å². The first-order valence-electron chi connectivity index (χ1n) is 9.73. The molecule has 1 rings (SSSR count). The van der Waals surface area contributed by atoms with Crippen LogP contribution in [0.4, 0.5) is 0 Å². The summed E-state index contributed by atoms with van der Waals surface area (Å²) < 4.78 is 0. The van der Waals surface area contributed by atoms with Crippen LogP contribution in [-0.2, 0) is 14.4 Å². The van der Waals surface area contributed by atoms with Crippen molar-refractivity contribution in [3.8, 4) is 0 Å². The lowest BCUT2D eigenvalue weighted by Gasteiger charge is -2.34. The molecule has 1 aliphatic rings. The number of hydrogen-bond donors (Lipinski definition) is 3. The Hall–Kier alpha value is -1.43. The molecule has 6 heteroatoms. The van der Waals surface area contributed by atoms with Gasteiger partial charge in [0, 0.05) is 18.9 Å². The second-order valence-corrected chi connectivity index (χ2v) is 8.98. The van der Waals surface area contributed by atoms with E-state index in [9.17, 15) is 19.5 Å². The number of rotatable bonds is 9. The molecule has 1 amide bonds. The van der Waals surface area contributed by atoms with Gasteiger partial charge in [-0.1, -0.05) is 33.6 Å². The lowest BCUT2D eigenvalue weighted by atomic mass is 9.76. The van der Waals surface area contributed by atoms with Crippen molar-refractivity contribution in [3.05, 3.63) is 0 Å². The smallest absolute Gasteiger partial charge is 0.307 e. The first-order valence-corrected chi connectivity index (χ1v) is 9.73. The minimum absolute atomic E-state index is 0.0118. The van der Waals surface area contributed by atoms with Gasteiger partial charge in [0.15, 0.2) is 0 Å². The van der Waals surface area contributed by atoms with Gasteiger partial charge in [-0.15, -0.1) is 0 Å². The van der Waals surface area contributed by atoms with Crippen LogP contribution < -0.4 is 10.6 Å². The predicted molar refractivity (Wildman–Crippen MR) is 102 cm³/mol. The second kappa shape index (κ2) is 9.49. The summed E-state index contributed by atoms with van der Waals surface area (Å²) in [6.45, 7) is 8.60. The molecule has 6 nitrogen and oxygen atoms in total. The van der Waals surface area contributed by atoms with Gasteiger partial charge in [0.25, 0.3) is 0 Å². The number of aliphatic carboxylic acids is 1. The minimum Gasteiger partial charge on any atom is -0.481 e. The first-order chi connectivity index (χ1) is 12.0. The molecular formula is C20H36N2O4. The molecule has 1 saturated carbocycles. The number of nitrogens with one attached hydrogen (secondary N) is 2. The molecule has 1 fully saturated rings. The van der Waals surface area contributed by atoms with E-state index in [0.29, 0.717) is 38.6 Å². The van der Waals surface area contributed by atoms with Crippen LogP contribution in [0.2, 0.25) is 0 Å². The predicted octanol–water partition coefficient (Wildman–Crippen LogP) is 2.76. The molecule has 3 atom stereocenters. The van der Waals surface area contributed by atoms with Crippen LogP contribution >= 0.6 is 0 Å². The summed E-state index contributed by atoms with van der Waals surface area (Å²) in [5.74, 6) is -1.80. The number of carbonyl (C=O) groups is 3. The van der Waals surface area contributed by atoms with Crippen LogP contribution in [-0.4, -0.2) is 41.9 Å². The summed E-state index contributed by atoms with van der Waals surface area (Å²) in [4.78, 5) is 36.3. The maximum atomic E-state index is 12.5. The van der Waals surface area contributed by atoms with E-state index in [1.807, 2.05) is 6.92 Å². The van der Waals surface area contributed by atoms with Crippen LogP contribution in [0.3, 0.4) is 0 Å². The molecule has 0 aliphatic heterocycles. The molecule has 26 heavy (non-hydrogen) atoms. The van der Waals surface area contributed by atoms with Crippen LogP contribution in [0.25, 0.3) is 0 Å². The Morgan fingerprint density at radius 3 is 2.12 bits per heavy atom. The molecule has 0 aromatic heterocycles. The van der Waals surface area contributed by atoms with Gasteiger partial charge in [-0.2, -0.15) is 0 Å². The summed E-state index contributed by atoms with van der Waals surface area (Å²) in [5.41, 5.74) is -0.641. The van der Waals surface area contributed by atoms with Gasteiger partial charge in [-0.05, 0) is 45.1 Å². The summed E-state index contributed by atoms with van der Waals surface area (Å²) in [6.07, 6.45) is 4.63. The van der Waals surface area contributed by atoms with Gasteiger partial charge >= 0.3 is 5.97 Å². The molecular weight excluding hydrogens is 332 g/mol. The number of hydrogen-bond acceptors (Lipinski definition) is 4. The van der Waals surface area contributed by atoms with Gasteiger partial charge < -0.3 is 15.7 Å². The van der Waals surface area contributed by atoms with Crippen LogP contribution in [0.15, 0.2) is 0 Å². The fourth-order valence-electron chi connectivity index (χ4n) is 4.00. The Bertz CT molecular complexity index is 512. The van der Waals surface area contributed by atoms with Crippen molar-refractivity contribution in [2.45, 2.75) is 78.2 Å². The molecule has 0 aromatic carbocycles. The summed E-state index contributed by atoms with van der Waals surface area (Å²) in [6, 6.07) is 0. The lowest BCUT2D eigenvalue weighted by molar-refractivity contribution is -0.148. The molecule has 150 valence electrons. The van der Waals surface area contributed by atoms with E-state index in [1.54, 1.807) is 7.05 Å². The fourth-order valence-corrected chi connectivity index (χ4v) is 4.00. The Morgan fingerprint density at radius 1 is 1.04 bits per heavy atom. The minimum atomic E-state index is -0.858. The Kier molecular flexibility index (Phi) is 8.25. The normalized spacial score (nSPS) is 23.1. The lowest BCUT2D eigenvalue weighted by Crippen LogP contribution is -2.55. The quantitative estimate of drug-likeness (QED) is 0.544. The number of carboxylic acid groups (broad SMARTS) is 1. The summed E-state index contributed by atoms with van der Waals surface area (Å²) in [7, 11) is 1.78. The molecule has 3 unspecified atom stereocenters. The number of likely N-dealkylation sites (N-methyl/N-ethyl adjacent to an activating group) is 1. The molecule has 0 aromatic rings. The zero-order valence-electron chi connectivity index (χ0n) is 17.0. The maximum absolute atomic E-state index is 12.5. The summed E-state index contributed by atoms with van der Waals surface area (Å²) >= 11 is 0. The monoisotopic (exact) mass is 368 g/mol. The fraction of sp³-hybridized carbons (Fsp3) is 0.850. The van der Waals surface area contributed by atoms with Gasteiger partial charge in [0.1, 0.15) is 5.78 Å². The van der Waals surface area contributed by atoms with Crippen molar-refractivity contribution in [1.82, 2.24) is 10.6 Å². The molecule has 0 spiro atoms. The van der Waals surface area contributed by atoms with E-state index < -0.39 is 17.4 Å². The molecule has 3 N–H and O–H groups in total. The van der Waals surface area contributed by atoms with Gasteiger partial charge in [-0.25, -0.2) is 0 Å². The van der Waals surface area contributed by atoms with Gasteiger partial charge in [0.05, 0.1) is 11.5 Å². The highest BCUT2D eigenvalue weighted by Crippen LogP contribution is 2.32. The van der Waals surface area contributed by atoms with Crippen LogP contribution in [0, 0.1) is 17.3 Å². The topological polar surface area (TPSA) is 95.5 Å². The van der Waals surface area contributed by atoms with Crippen molar-refractivity contribution in [1.29, 1.82) is 0 Å². The third kappa shape index (κ3) is 6.71. The van der Waals surface area contributed by atoms with Crippen LogP contribution in [0.1, 0.15) is 72.6 Å². The molecule has 0 heterocycles. The van der Waals surface area contributed by atoms with E-state index in [0.717, 1.165) is 12.8 Å². The van der Waals surface area contributed by atoms with E-state index >= 15 is 0 Å². The van der Waals surface area contributed by atoms with E-state index in [2.05, 4.69) is 31.4 Å². The Labute approximate surface area is 157 Å². The average molecular weight is 369 g/mol. The van der Waals surface area contributed by atoms with Crippen molar-refractivity contribution < 1.29 is 19.5 Å². The summed E-state index contributed by atoms with van der Waals surface area (Å²) in [5, 5.41) is 15.3. The molecule has 0 saturated heterocycles. The van der Waals surface area contributed by atoms with Crippen molar-refractivity contribution in [2.24, 2.45) is 17.3 Å². The Balaban J connectivity index is 2.46. The third-order valence-electron chi connectivity index (χ3n) is 5.32.